The lowest BCUT2D eigenvalue weighted by Crippen LogP contribution is -2.27. The van der Waals surface area contributed by atoms with Gasteiger partial charge in [-0.2, -0.15) is 0 Å². The van der Waals surface area contributed by atoms with Crippen LogP contribution in [0.4, 0.5) is 15.8 Å². The monoisotopic (exact) mass is 358 g/mol. The standard InChI is InChI=1S/C20H23FN2O3/c1-3-11-23(12-4-2)18-10-9-16(13-17(18)20(25)26)22-19(24)14-5-7-15(21)8-6-14/h5-10,13H,3-4,11-12H2,1-2H3,(H,22,24)(H,25,26). The molecule has 2 rings (SSSR count). The Bertz CT molecular complexity index is 769. The number of carboxylic acids is 1. The molecule has 0 bridgehead atoms. The molecule has 0 atom stereocenters. The van der Waals surface area contributed by atoms with Crippen LogP contribution in [-0.2, 0) is 0 Å². The van der Waals surface area contributed by atoms with Crippen molar-refractivity contribution in [3.05, 3.63) is 59.4 Å². The number of hydrogen-bond donors (Lipinski definition) is 2. The Morgan fingerprint density at radius 2 is 1.65 bits per heavy atom. The minimum Gasteiger partial charge on any atom is -0.478 e. The number of nitrogens with one attached hydrogen (secondary N) is 1. The summed E-state index contributed by atoms with van der Waals surface area (Å²) in [5, 5.41) is 12.2. The molecular formula is C20H23FN2O3. The Kier molecular flexibility index (Phi) is 6.72. The van der Waals surface area contributed by atoms with Crippen molar-refractivity contribution in [3.63, 3.8) is 0 Å². The van der Waals surface area contributed by atoms with Gasteiger partial charge in [-0.05, 0) is 55.3 Å². The molecule has 0 aliphatic rings. The average Bonchev–Trinajstić information content (AvgIpc) is 2.62. The van der Waals surface area contributed by atoms with Gasteiger partial charge in [0.05, 0.1) is 11.3 Å². The van der Waals surface area contributed by atoms with Gasteiger partial charge < -0.3 is 15.3 Å². The van der Waals surface area contributed by atoms with E-state index in [1.54, 1.807) is 12.1 Å². The predicted molar refractivity (Wildman–Crippen MR) is 101 cm³/mol. The summed E-state index contributed by atoms with van der Waals surface area (Å²) in [5.74, 6) is -1.89. The lowest BCUT2D eigenvalue weighted by Gasteiger charge is -2.25. The zero-order chi connectivity index (χ0) is 19.1. The molecule has 0 spiro atoms. The summed E-state index contributed by atoms with van der Waals surface area (Å²) in [6.45, 7) is 5.60. The van der Waals surface area contributed by atoms with Crippen LogP contribution >= 0.6 is 0 Å². The van der Waals surface area contributed by atoms with Gasteiger partial charge in [0.2, 0.25) is 0 Å². The first kappa shape index (κ1) is 19.4. The highest BCUT2D eigenvalue weighted by Crippen LogP contribution is 2.25. The van der Waals surface area contributed by atoms with Crippen molar-refractivity contribution in [2.24, 2.45) is 0 Å². The van der Waals surface area contributed by atoms with Gasteiger partial charge in [-0.1, -0.05) is 13.8 Å². The second-order valence-corrected chi connectivity index (χ2v) is 5.99. The number of carbonyl (C=O) groups is 2. The molecule has 138 valence electrons. The Hall–Kier alpha value is -2.89. The van der Waals surface area contributed by atoms with Crippen LogP contribution in [0.1, 0.15) is 47.4 Å². The van der Waals surface area contributed by atoms with Crippen molar-refractivity contribution < 1.29 is 19.1 Å². The van der Waals surface area contributed by atoms with Crippen LogP contribution in [0.3, 0.4) is 0 Å². The number of carbonyl (C=O) groups excluding carboxylic acids is 1. The van der Waals surface area contributed by atoms with Gasteiger partial charge >= 0.3 is 5.97 Å². The van der Waals surface area contributed by atoms with E-state index in [9.17, 15) is 19.1 Å². The highest BCUT2D eigenvalue weighted by atomic mass is 19.1. The predicted octanol–water partition coefficient (Wildman–Crippen LogP) is 4.40. The Labute approximate surface area is 152 Å². The second kappa shape index (κ2) is 8.99. The van der Waals surface area contributed by atoms with E-state index in [0.29, 0.717) is 16.9 Å². The minimum atomic E-state index is -1.05. The van der Waals surface area contributed by atoms with Crippen LogP contribution in [0.25, 0.3) is 0 Å². The largest absolute Gasteiger partial charge is 0.478 e. The molecule has 5 nitrogen and oxygen atoms in total. The summed E-state index contributed by atoms with van der Waals surface area (Å²) in [6, 6.07) is 10.0. The Balaban J connectivity index is 2.28. The number of carboxylic acid groups (broad SMARTS) is 1. The number of benzene rings is 2. The first-order chi connectivity index (χ1) is 12.5. The first-order valence-electron chi connectivity index (χ1n) is 8.65. The normalized spacial score (nSPS) is 10.4. The zero-order valence-corrected chi connectivity index (χ0v) is 15.0. The molecule has 2 N–H and O–H groups in total. The number of amides is 1. The fourth-order valence-corrected chi connectivity index (χ4v) is 2.76. The van der Waals surface area contributed by atoms with Crippen LogP contribution in [-0.4, -0.2) is 30.1 Å². The summed E-state index contributed by atoms with van der Waals surface area (Å²) in [6.07, 6.45) is 1.81. The molecular weight excluding hydrogens is 335 g/mol. The first-order valence-corrected chi connectivity index (χ1v) is 8.65. The molecule has 0 fully saturated rings. The third-order valence-corrected chi connectivity index (χ3v) is 3.92. The van der Waals surface area contributed by atoms with Gasteiger partial charge in [-0.25, -0.2) is 9.18 Å². The van der Waals surface area contributed by atoms with E-state index in [4.69, 9.17) is 0 Å². The van der Waals surface area contributed by atoms with Crippen molar-refractivity contribution in [1.82, 2.24) is 0 Å². The summed E-state index contributed by atoms with van der Waals surface area (Å²) in [5.41, 5.74) is 1.46. The number of anilines is 2. The van der Waals surface area contributed by atoms with Gasteiger partial charge in [0.1, 0.15) is 5.82 Å². The second-order valence-electron chi connectivity index (χ2n) is 5.99. The molecule has 0 aliphatic heterocycles. The van der Waals surface area contributed by atoms with Crippen molar-refractivity contribution in [2.75, 3.05) is 23.3 Å². The van der Waals surface area contributed by atoms with E-state index in [1.165, 1.54) is 30.3 Å². The average molecular weight is 358 g/mol. The maximum absolute atomic E-state index is 13.0. The molecule has 1 amide bonds. The van der Waals surface area contributed by atoms with Gasteiger partial charge in [0, 0.05) is 24.3 Å². The molecule has 0 saturated heterocycles. The van der Waals surface area contributed by atoms with Crippen molar-refractivity contribution in [3.8, 4) is 0 Å². The molecule has 0 unspecified atom stereocenters. The van der Waals surface area contributed by atoms with Gasteiger partial charge in [0.15, 0.2) is 0 Å². The maximum atomic E-state index is 13.0. The van der Waals surface area contributed by atoms with Gasteiger partial charge in [-0.3, -0.25) is 4.79 Å². The van der Waals surface area contributed by atoms with Crippen LogP contribution < -0.4 is 10.2 Å². The number of hydrogen-bond acceptors (Lipinski definition) is 3. The molecule has 2 aromatic rings. The van der Waals surface area contributed by atoms with E-state index in [-0.39, 0.29) is 5.56 Å². The van der Waals surface area contributed by atoms with Crippen molar-refractivity contribution in [1.29, 1.82) is 0 Å². The van der Waals surface area contributed by atoms with Crippen molar-refractivity contribution >= 4 is 23.3 Å². The maximum Gasteiger partial charge on any atom is 0.337 e. The molecule has 0 heterocycles. The fraction of sp³-hybridized carbons (Fsp3) is 0.300. The van der Waals surface area contributed by atoms with E-state index >= 15 is 0 Å². The molecule has 0 radical (unpaired) electrons. The van der Waals surface area contributed by atoms with Crippen molar-refractivity contribution in [2.45, 2.75) is 26.7 Å². The zero-order valence-electron chi connectivity index (χ0n) is 15.0. The molecule has 2 aromatic carbocycles. The molecule has 0 aliphatic carbocycles. The molecule has 6 heteroatoms. The molecule has 0 saturated carbocycles. The summed E-state index contributed by atoms with van der Waals surface area (Å²) in [7, 11) is 0. The van der Waals surface area contributed by atoms with Gasteiger partial charge in [0.25, 0.3) is 5.91 Å². The Morgan fingerprint density at radius 1 is 1.04 bits per heavy atom. The molecule has 26 heavy (non-hydrogen) atoms. The minimum absolute atomic E-state index is 0.142. The SMILES string of the molecule is CCCN(CCC)c1ccc(NC(=O)c2ccc(F)cc2)cc1C(=O)O. The Morgan fingerprint density at radius 3 is 2.19 bits per heavy atom. The van der Waals surface area contributed by atoms with E-state index in [0.717, 1.165) is 25.9 Å². The van der Waals surface area contributed by atoms with Crippen LogP contribution in [0.2, 0.25) is 0 Å². The lowest BCUT2D eigenvalue weighted by molar-refractivity contribution is 0.0697. The lowest BCUT2D eigenvalue weighted by atomic mass is 10.1. The summed E-state index contributed by atoms with van der Waals surface area (Å²) < 4.78 is 13.0. The number of rotatable bonds is 8. The van der Waals surface area contributed by atoms with E-state index in [1.807, 2.05) is 18.7 Å². The smallest absolute Gasteiger partial charge is 0.337 e. The third kappa shape index (κ3) is 4.81. The summed E-state index contributed by atoms with van der Waals surface area (Å²) >= 11 is 0. The number of halogens is 1. The number of nitrogens with zero attached hydrogens (tertiary/aromatic N) is 1. The van der Waals surface area contributed by atoms with Crippen LogP contribution in [0.15, 0.2) is 42.5 Å². The highest BCUT2D eigenvalue weighted by molar-refractivity contribution is 6.05. The topological polar surface area (TPSA) is 69.6 Å². The fourth-order valence-electron chi connectivity index (χ4n) is 2.76. The highest BCUT2D eigenvalue weighted by Gasteiger charge is 2.17. The van der Waals surface area contributed by atoms with E-state index < -0.39 is 17.7 Å². The van der Waals surface area contributed by atoms with Crippen LogP contribution in [0.5, 0.6) is 0 Å². The van der Waals surface area contributed by atoms with E-state index in [2.05, 4.69) is 5.32 Å². The quantitative estimate of drug-likeness (QED) is 0.734. The summed E-state index contributed by atoms with van der Waals surface area (Å²) in [4.78, 5) is 26.0. The number of aromatic carboxylic acids is 1. The van der Waals surface area contributed by atoms with Gasteiger partial charge in [-0.15, -0.1) is 0 Å². The van der Waals surface area contributed by atoms with Crippen LogP contribution in [0, 0.1) is 5.82 Å². The third-order valence-electron chi connectivity index (χ3n) is 3.92. The molecule has 0 aromatic heterocycles.